The van der Waals surface area contributed by atoms with E-state index in [2.05, 4.69) is 39.9 Å². The molecule has 1 amide bonds. The maximum atomic E-state index is 12.5. The van der Waals surface area contributed by atoms with Gasteiger partial charge in [0.1, 0.15) is 0 Å². The third-order valence-electron chi connectivity index (χ3n) is 6.58. The number of nitrogens with two attached hydrogens (primary N) is 1. The van der Waals surface area contributed by atoms with Crippen LogP contribution in [-0.2, 0) is 24.1 Å². The largest absolute Gasteiger partial charge is 0.384 e. The molecule has 0 saturated carbocycles. The Hall–Kier alpha value is -2.80. The Morgan fingerprint density at radius 2 is 1.74 bits per heavy atom. The average Bonchev–Trinajstić information content (AvgIpc) is 3.25. The predicted octanol–water partition coefficient (Wildman–Crippen LogP) is 4.93. The molecule has 1 aliphatic rings. The molecule has 4 aromatic rings. The Bertz CT molecular complexity index is 1290. The van der Waals surface area contributed by atoms with Crippen molar-refractivity contribution in [3.63, 3.8) is 0 Å². The van der Waals surface area contributed by atoms with Gasteiger partial charge in [-0.15, -0.1) is 24.8 Å². The van der Waals surface area contributed by atoms with Crippen LogP contribution in [-0.4, -0.2) is 35.0 Å². The minimum absolute atomic E-state index is 0. The van der Waals surface area contributed by atoms with Gasteiger partial charge in [-0.1, -0.05) is 36.4 Å². The molecule has 2 heterocycles. The van der Waals surface area contributed by atoms with E-state index >= 15 is 0 Å². The predicted molar refractivity (Wildman–Crippen MR) is 149 cm³/mol. The fraction of sp³-hybridized carbons (Fsp3) is 0.333. The number of nitrogens with zero attached hydrogens (tertiary/aromatic N) is 1. The van der Waals surface area contributed by atoms with Crippen molar-refractivity contribution < 1.29 is 4.79 Å². The van der Waals surface area contributed by atoms with E-state index in [0.717, 1.165) is 47.8 Å². The highest BCUT2D eigenvalue weighted by atomic mass is 35.5. The standard InChI is InChI=1S/C27H31N5O.2ClH/c28-22(16-18-17-31-23-11-4-1-8-19(18)23)27(33)30-15-7-14-29-26-20-9-2-5-12-24(20)32-25-13-6-3-10-21(25)26;;/h1-2,4-5,8-9,11-12,17,22,31H,3,6-7,10,13-16,28H2,(H,29,32)(H,30,33);2*1H/t22-;;/m0../s1. The molecule has 0 fully saturated rings. The normalized spacial score (nSPS) is 13.4. The van der Waals surface area contributed by atoms with Crippen LogP contribution in [0.2, 0.25) is 0 Å². The van der Waals surface area contributed by atoms with Crippen molar-refractivity contribution in [3.8, 4) is 0 Å². The monoisotopic (exact) mass is 513 g/mol. The van der Waals surface area contributed by atoms with Crippen molar-refractivity contribution in [1.82, 2.24) is 15.3 Å². The number of nitrogens with one attached hydrogen (secondary N) is 3. The zero-order valence-corrected chi connectivity index (χ0v) is 21.3. The van der Waals surface area contributed by atoms with Gasteiger partial charge in [0.25, 0.3) is 0 Å². The van der Waals surface area contributed by atoms with Crippen LogP contribution in [0.3, 0.4) is 0 Å². The molecule has 0 aliphatic heterocycles. The van der Waals surface area contributed by atoms with E-state index in [1.807, 2.05) is 30.5 Å². The van der Waals surface area contributed by atoms with E-state index in [0.29, 0.717) is 13.0 Å². The summed E-state index contributed by atoms with van der Waals surface area (Å²) in [6, 6.07) is 15.9. The quantitative estimate of drug-likeness (QED) is 0.251. The molecule has 1 atom stereocenters. The lowest BCUT2D eigenvalue weighted by Crippen LogP contribution is -2.42. The molecule has 0 unspecified atom stereocenters. The molecule has 6 nitrogen and oxygen atoms in total. The number of H-pyrrole nitrogens is 1. The van der Waals surface area contributed by atoms with Gasteiger partial charge in [0.15, 0.2) is 0 Å². The molecule has 5 rings (SSSR count). The Kier molecular flexibility index (Phi) is 9.38. The fourth-order valence-corrected chi connectivity index (χ4v) is 4.85. The fourth-order valence-electron chi connectivity index (χ4n) is 4.85. The summed E-state index contributed by atoms with van der Waals surface area (Å²) in [5.41, 5.74) is 13.2. The number of benzene rings is 2. The molecule has 2 aromatic carbocycles. The van der Waals surface area contributed by atoms with Gasteiger partial charge in [-0.2, -0.15) is 0 Å². The molecular formula is C27H33Cl2N5O. The Morgan fingerprint density at radius 1 is 1.00 bits per heavy atom. The third-order valence-corrected chi connectivity index (χ3v) is 6.58. The zero-order valence-electron chi connectivity index (χ0n) is 19.7. The first kappa shape index (κ1) is 26.8. The molecule has 1 aliphatic carbocycles. The number of carbonyl (C=O) groups excluding carboxylic acids is 1. The van der Waals surface area contributed by atoms with E-state index < -0.39 is 6.04 Å². The molecule has 0 saturated heterocycles. The van der Waals surface area contributed by atoms with Gasteiger partial charge in [0.05, 0.1) is 11.6 Å². The summed E-state index contributed by atoms with van der Waals surface area (Å²) in [4.78, 5) is 20.7. The number of pyridine rings is 1. The van der Waals surface area contributed by atoms with Gasteiger partial charge in [0, 0.05) is 47.0 Å². The maximum absolute atomic E-state index is 12.5. The van der Waals surface area contributed by atoms with Crippen molar-refractivity contribution in [3.05, 3.63) is 71.5 Å². The zero-order chi connectivity index (χ0) is 22.6. The van der Waals surface area contributed by atoms with Crippen molar-refractivity contribution >= 4 is 58.2 Å². The number of halogens is 2. The van der Waals surface area contributed by atoms with Crippen LogP contribution in [0.1, 0.15) is 36.1 Å². The first-order valence-electron chi connectivity index (χ1n) is 11.9. The lowest BCUT2D eigenvalue weighted by Gasteiger charge is -2.21. The van der Waals surface area contributed by atoms with Gasteiger partial charge >= 0.3 is 0 Å². The van der Waals surface area contributed by atoms with E-state index in [-0.39, 0.29) is 30.7 Å². The highest BCUT2D eigenvalue weighted by molar-refractivity contribution is 5.93. The summed E-state index contributed by atoms with van der Waals surface area (Å²) in [5.74, 6) is -0.105. The Balaban J connectivity index is 0.00000171. The molecule has 0 spiro atoms. The number of aromatic nitrogens is 2. The molecule has 5 N–H and O–H groups in total. The van der Waals surface area contributed by atoms with Crippen molar-refractivity contribution in [2.45, 2.75) is 44.6 Å². The summed E-state index contributed by atoms with van der Waals surface area (Å²) in [6.07, 6.45) is 7.85. The van der Waals surface area contributed by atoms with E-state index in [1.165, 1.54) is 35.2 Å². The van der Waals surface area contributed by atoms with Crippen molar-refractivity contribution in [2.75, 3.05) is 18.4 Å². The number of fused-ring (bicyclic) bond motifs is 3. The first-order chi connectivity index (χ1) is 16.2. The van der Waals surface area contributed by atoms with Crippen LogP contribution in [0.25, 0.3) is 21.8 Å². The SMILES string of the molecule is Cl.Cl.N[C@@H](Cc1c[nH]c2ccccc12)C(=O)NCCCNc1c2c(nc3ccccc13)CCCC2. The number of rotatable bonds is 8. The number of hydrogen-bond acceptors (Lipinski definition) is 4. The molecule has 0 radical (unpaired) electrons. The lowest BCUT2D eigenvalue weighted by molar-refractivity contribution is -0.122. The second-order valence-corrected chi connectivity index (χ2v) is 8.88. The Labute approximate surface area is 218 Å². The maximum Gasteiger partial charge on any atom is 0.237 e. The van der Waals surface area contributed by atoms with Crippen molar-refractivity contribution in [2.24, 2.45) is 5.73 Å². The van der Waals surface area contributed by atoms with Gasteiger partial charge in [-0.25, -0.2) is 0 Å². The summed E-state index contributed by atoms with van der Waals surface area (Å²) >= 11 is 0. The van der Waals surface area contributed by atoms with Crippen LogP contribution in [0, 0.1) is 0 Å². The summed E-state index contributed by atoms with van der Waals surface area (Å²) < 4.78 is 0. The smallest absolute Gasteiger partial charge is 0.237 e. The van der Waals surface area contributed by atoms with Crippen LogP contribution in [0.4, 0.5) is 5.69 Å². The topological polar surface area (TPSA) is 95.8 Å². The van der Waals surface area contributed by atoms with Gasteiger partial charge < -0.3 is 21.4 Å². The van der Waals surface area contributed by atoms with Crippen LogP contribution in [0.5, 0.6) is 0 Å². The number of carbonyl (C=O) groups is 1. The number of para-hydroxylation sites is 2. The summed E-state index contributed by atoms with van der Waals surface area (Å²) in [6.45, 7) is 1.39. The summed E-state index contributed by atoms with van der Waals surface area (Å²) in [5, 5.41) is 8.96. The van der Waals surface area contributed by atoms with Gasteiger partial charge in [0.2, 0.25) is 5.91 Å². The average molecular weight is 515 g/mol. The molecule has 186 valence electrons. The number of hydrogen-bond donors (Lipinski definition) is 4. The number of amides is 1. The summed E-state index contributed by atoms with van der Waals surface area (Å²) in [7, 11) is 0. The molecule has 0 bridgehead atoms. The minimum Gasteiger partial charge on any atom is -0.384 e. The molecule has 35 heavy (non-hydrogen) atoms. The van der Waals surface area contributed by atoms with Crippen LogP contribution < -0.4 is 16.4 Å². The third kappa shape index (κ3) is 5.89. The molecule has 2 aromatic heterocycles. The van der Waals surface area contributed by atoms with Crippen LogP contribution >= 0.6 is 24.8 Å². The van der Waals surface area contributed by atoms with Crippen molar-refractivity contribution in [1.29, 1.82) is 0 Å². The second-order valence-electron chi connectivity index (χ2n) is 8.88. The Morgan fingerprint density at radius 3 is 2.60 bits per heavy atom. The van der Waals surface area contributed by atoms with E-state index in [1.54, 1.807) is 0 Å². The molecule has 8 heteroatoms. The highest BCUT2D eigenvalue weighted by Gasteiger charge is 2.18. The highest BCUT2D eigenvalue weighted by Crippen LogP contribution is 2.33. The number of anilines is 1. The molecular weight excluding hydrogens is 481 g/mol. The van der Waals surface area contributed by atoms with E-state index in [9.17, 15) is 4.79 Å². The first-order valence-corrected chi connectivity index (χ1v) is 11.9. The van der Waals surface area contributed by atoms with Gasteiger partial charge in [-0.05, 0) is 61.8 Å². The van der Waals surface area contributed by atoms with E-state index in [4.69, 9.17) is 10.7 Å². The number of aromatic amines is 1. The lowest BCUT2D eigenvalue weighted by atomic mass is 9.92. The minimum atomic E-state index is -0.562. The number of aryl methyl sites for hydroxylation is 1. The van der Waals surface area contributed by atoms with Gasteiger partial charge in [-0.3, -0.25) is 9.78 Å². The second kappa shape index (κ2) is 12.2. The van der Waals surface area contributed by atoms with Crippen LogP contribution in [0.15, 0.2) is 54.7 Å².